The molecule has 0 aliphatic carbocycles. The summed E-state index contributed by atoms with van der Waals surface area (Å²) in [6, 6.07) is 19.3. The zero-order chi connectivity index (χ0) is 26.3. The van der Waals surface area contributed by atoms with E-state index in [2.05, 4.69) is 30.0 Å². The van der Waals surface area contributed by atoms with Crippen LogP contribution in [0, 0.1) is 5.92 Å². The molecule has 6 nitrogen and oxygen atoms in total. The van der Waals surface area contributed by atoms with E-state index in [9.17, 15) is 13.2 Å². The minimum Gasteiger partial charge on any atom is -0.383 e. The maximum Gasteiger partial charge on any atom is 0.251 e. The molecule has 1 amide bonds. The third kappa shape index (κ3) is 7.40. The van der Waals surface area contributed by atoms with Crippen molar-refractivity contribution in [1.29, 1.82) is 0 Å². The number of methoxy groups -OCH3 is 1. The van der Waals surface area contributed by atoms with Crippen molar-refractivity contribution in [3.8, 4) is 11.1 Å². The van der Waals surface area contributed by atoms with Crippen LogP contribution in [0.15, 0.2) is 71.6 Å². The fraction of sp³-hybridized carbons (Fsp3) is 0.321. The quantitative estimate of drug-likeness (QED) is 0.346. The van der Waals surface area contributed by atoms with E-state index >= 15 is 0 Å². The normalized spacial score (nSPS) is 12.5. The molecular weight excluding hydrogens is 496 g/mol. The summed E-state index contributed by atoms with van der Waals surface area (Å²) in [5.41, 5.74) is 4.20. The maximum absolute atomic E-state index is 12.9. The first-order chi connectivity index (χ1) is 17.1. The number of rotatable bonds is 11. The van der Waals surface area contributed by atoms with Gasteiger partial charge in [0, 0.05) is 30.3 Å². The van der Waals surface area contributed by atoms with Crippen LogP contribution in [-0.2, 0) is 27.7 Å². The molecule has 8 heteroatoms. The molecule has 0 aromatic heterocycles. The van der Waals surface area contributed by atoms with E-state index < -0.39 is 10.0 Å². The van der Waals surface area contributed by atoms with E-state index in [1.165, 1.54) is 12.1 Å². The average Bonchev–Trinajstić information content (AvgIpc) is 2.83. The van der Waals surface area contributed by atoms with Crippen molar-refractivity contribution >= 4 is 27.5 Å². The molecule has 1 unspecified atom stereocenters. The lowest BCUT2D eigenvalue weighted by atomic mass is 9.90. The number of hydrogen-bond acceptors (Lipinski definition) is 4. The highest BCUT2D eigenvalue weighted by Crippen LogP contribution is 2.30. The molecule has 0 saturated carbocycles. The predicted molar refractivity (Wildman–Crippen MR) is 145 cm³/mol. The zero-order valence-corrected chi connectivity index (χ0v) is 22.6. The molecule has 0 aliphatic heterocycles. The van der Waals surface area contributed by atoms with Crippen molar-refractivity contribution in [2.24, 2.45) is 5.92 Å². The topological polar surface area (TPSA) is 84.5 Å². The van der Waals surface area contributed by atoms with Gasteiger partial charge in [0.2, 0.25) is 10.0 Å². The van der Waals surface area contributed by atoms with Crippen molar-refractivity contribution in [3.05, 3.63) is 88.4 Å². The Morgan fingerprint density at radius 3 is 2.31 bits per heavy atom. The van der Waals surface area contributed by atoms with Crippen LogP contribution >= 0.6 is 11.6 Å². The number of ether oxygens (including phenoxy) is 1. The highest BCUT2D eigenvalue weighted by atomic mass is 35.5. The first-order valence-electron chi connectivity index (χ1n) is 11.9. The minimum atomic E-state index is -3.75. The molecule has 2 N–H and O–H groups in total. The monoisotopic (exact) mass is 528 g/mol. The van der Waals surface area contributed by atoms with Crippen molar-refractivity contribution < 1.29 is 17.9 Å². The van der Waals surface area contributed by atoms with Crippen molar-refractivity contribution in [2.75, 3.05) is 13.7 Å². The van der Waals surface area contributed by atoms with Crippen LogP contribution in [0.5, 0.6) is 0 Å². The molecule has 0 radical (unpaired) electrons. The molecule has 192 valence electrons. The van der Waals surface area contributed by atoms with E-state index in [1.807, 2.05) is 37.3 Å². The number of sulfonamides is 1. The molecular formula is C28H33ClN2O4S. The van der Waals surface area contributed by atoms with Gasteiger partial charge in [0.1, 0.15) is 0 Å². The van der Waals surface area contributed by atoms with E-state index in [4.69, 9.17) is 16.3 Å². The summed E-state index contributed by atoms with van der Waals surface area (Å²) in [4.78, 5) is 13.1. The summed E-state index contributed by atoms with van der Waals surface area (Å²) in [7, 11) is -2.16. The Morgan fingerprint density at radius 1 is 0.944 bits per heavy atom. The lowest BCUT2D eigenvalue weighted by Gasteiger charge is -2.18. The predicted octanol–water partition coefficient (Wildman–Crippen LogP) is 5.45. The van der Waals surface area contributed by atoms with Gasteiger partial charge in [-0.2, -0.15) is 0 Å². The van der Waals surface area contributed by atoms with Crippen LogP contribution in [0.2, 0.25) is 5.02 Å². The van der Waals surface area contributed by atoms with Gasteiger partial charge < -0.3 is 10.1 Å². The molecule has 0 bridgehead atoms. The lowest BCUT2D eigenvalue weighted by molar-refractivity contribution is 0.0905. The van der Waals surface area contributed by atoms with Crippen LogP contribution in [0.4, 0.5) is 0 Å². The number of nitrogens with one attached hydrogen (secondary N) is 2. The number of benzene rings is 3. The first-order valence-corrected chi connectivity index (χ1v) is 13.7. The van der Waals surface area contributed by atoms with E-state index in [0.717, 1.165) is 28.7 Å². The van der Waals surface area contributed by atoms with Gasteiger partial charge in [-0.1, -0.05) is 55.8 Å². The third-order valence-corrected chi connectivity index (χ3v) is 7.35. The number of carbonyl (C=O) groups excluding carboxylic acids is 1. The van der Waals surface area contributed by atoms with Gasteiger partial charge in [-0.05, 0) is 77.9 Å². The molecule has 1 atom stereocenters. The molecule has 36 heavy (non-hydrogen) atoms. The summed E-state index contributed by atoms with van der Waals surface area (Å²) in [6.07, 6.45) is 0.855. The first kappa shape index (κ1) is 27.9. The van der Waals surface area contributed by atoms with Gasteiger partial charge in [-0.25, -0.2) is 13.1 Å². The second-order valence-corrected chi connectivity index (χ2v) is 11.4. The Morgan fingerprint density at radius 2 is 1.64 bits per heavy atom. The van der Waals surface area contributed by atoms with E-state index in [-0.39, 0.29) is 23.4 Å². The fourth-order valence-corrected chi connectivity index (χ4v) is 5.12. The second-order valence-electron chi connectivity index (χ2n) is 9.24. The van der Waals surface area contributed by atoms with Crippen molar-refractivity contribution in [2.45, 2.75) is 44.7 Å². The Hall–Kier alpha value is -2.71. The Balaban J connectivity index is 1.99. The van der Waals surface area contributed by atoms with Crippen LogP contribution in [0.3, 0.4) is 0 Å². The van der Waals surface area contributed by atoms with Gasteiger partial charge in [0.05, 0.1) is 11.5 Å². The standard InChI is InChI=1S/C28H33ClN2O4S/c1-19(2)15-21-7-5-6-8-26(21)27-16-22(28(32)31-20(3)18-35-4)9-10-23(27)17-30-36(33,34)25-13-11-24(29)12-14-25/h5-14,16,19-20,30H,15,17-18H2,1-4H3,(H,31,32). The van der Waals surface area contributed by atoms with Crippen LogP contribution in [0.25, 0.3) is 11.1 Å². The summed E-state index contributed by atoms with van der Waals surface area (Å²) in [6.45, 7) is 6.65. The van der Waals surface area contributed by atoms with Crippen molar-refractivity contribution in [3.63, 3.8) is 0 Å². The van der Waals surface area contributed by atoms with Crippen LogP contribution in [-0.4, -0.2) is 34.1 Å². The van der Waals surface area contributed by atoms with E-state index in [0.29, 0.717) is 23.1 Å². The Bertz CT molecular complexity index is 1290. The highest BCUT2D eigenvalue weighted by Gasteiger charge is 2.18. The summed E-state index contributed by atoms with van der Waals surface area (Å²) < 4.78 is 33.6. The summed E-state index contributed by atoms with van der Waals surface area (Å²) in [5, 5.41) is 3.40. The van der Waals surface area contributed by atoms with Gasteiger partial charge in [0.25, 0.3) is 5.91 Å². The fourth-order valence-electron chi connectivity index (χ4n) is 3.99. The number of amides is 1. The Labute approximate surface area is 219 Å². The molecule has 0 fully saturated rings. The molecule has 0 heterocycles. The third-order valence-electron chi connectivity index (χ3n) is 5.68. The van der Waals surface area contributed by atoms with Gasteiger partial charge in [-0.15, -0.1) is 0 Å². The average molecular weight is 529 g/mol. The molecule has 3 aromatic carbocycles. The molecule has 3 rings (SSSR count). The second kappa shape index (κ2) is 12.5. The highest BCUT2D eigenvalue weighted by molar-refractivity contribution is 7.89. The number of halogens is 1. The van der Waals surface area contributed by atoms with Crippen LogP contribution < -0.4 is 10.0 Å². The van der Waals surface area contributed by atoms with Crippen LogP contribution in [0.1, 0.15) is 42.3 Å². The number of hydrogen-bond donors (Lipinski definition) is 2. The summed E-state index contributed by atoms with van der Waals surface area (Å²) in [5.74, 6) is 0.217. The maximum atomic E-state index is 12.9. The van der Waals surface area contributed by atoms with Gasteiger partial charge in [-0.3, -0.25) is 4.79 Å². The van der Waals surface area contributed by atoms with E-state index in [1.54, 1.807) is 25.3 Å². The van der Waals surface area contributed by atoms with Crippen molar-refractivity contribution in [1.82, 2.24) is 10.0 Å². The zero-order valence-electron chi connectivity index (χ0n) is 21.0. The largest absolute Gasteiger partial charge is 0.383 e. The summed E-state index contributed by atoms with van der Waals surface area (Å²) >= 11 is 5.91. The SMILES string of the molecule is COCC(C)NC(=O)c1ccc(CNS(=O)(=O)c2ccc(Cl)cc2)c(-c2ccccc2CC(C)C)c1. The molecule has 0 saturated heterocycles. The lowest BCUT2D eigenvalue weighted by Crippen LogP contribution is -2.35. The smallest absolute Gasteiger partial charge is 0.251 e. The molecule has 0 aliphatic rings. The molecule has 0 spiro atoms. The van der Waals surface area contributed by atoms with Gasteiger partial charge in [0.15, 0.2) is 0 Å². The Kier molecular flexibility index (Phi) is 9.68. The van der Waals surface area contributed by atoms with Gasteiger partial charge >= 0.3 is 0 Å². The minimum absolute atomic E-state index is 0.0677. The molecule has 3 aromatic rings. The number of carbonyl (C=O) groups is 1.